The fraction of sp³-hybridized carbons (Fsp3) is 0.385. The van der Waals surface area contributed by atoms with Crippen LogP contribution >= 0.6 is 0 Å². The summed E-state index contributed by atoms with van der Waals surface area (Å²) in [4.78, 5) is 22.5. The van der Waals surface area contributed by atoms with Gasteiger partial charge in [0.1, 0.15) is 0 Å². The molecule has 1 heterocycles. The molecule has 1 atom stereocenters. The van der Waals surface area contributed by atoms with Gasteiger partial charge in [-0.2, -0.15) is 0 Å². The minimum Gasteiger partial charge on any atom is -0.393 e. The summed E-state index contributed by atoms with van der Waals surface area (Å²) in [6.07, 6.45) is 0.880. The number of cyclic esters (lactones) is 2. The number of aryl methyl sites for hydroxylation is 2. The van der Waals surface area contributed by atoms with Crippen molar-refractivity contribution >= 4 is 11.9 Å². The predicted molar refractivity (Wildman–Crippen MR) is 59.0 cm³/mol. The number of ether oxygens (including phenoxy) is 1. The third-order valence-corrected chi connectivity index (χ3v) is 2.94. The normalized spacial score (nSPS) is 20.8. The number of carbonyl (C=O) groups is 2. The number of carbonyl (C=O) groups excluding carboxylic acids is 2. The summed E-state index contributed by atoms with van der Waals surface area (Å²) in [7, 11) is 0. The maximum absolute atomic E-state index is 11.6. The van der Waals surface area contributed by atoms with Crippen LogP contribution in [0.1, 0.15) is 35.4 Å². The molecule has 0 amide bonds. The van der Waals surface area contributed by atoms with Crippen molar-refractivity contribution < 1.29 is 14.3 Å². The zero-order chi connectivity index (χ0) is 11.7. The van der Waals surface area contributed by atoms with Crippen LogP contribution in [0.2, 0.25) is 0 Å². The van der Waals surface area contributed by atoms with Crippen LogP contribution in [0.5, 0.6) is 0 Å². The Hall–Kier alpha value is -1.64. The van der Waals surface area contributed by atoms with Crippen LogP contribution in [-0.4, -0.2) is 11.9 Å². The maximum Gasteiger partial charge on any atom is 0.321 e. The van der Waals surface area contributed by atoms with E-state index in [1.165, 1.54) is 5.56 Å². The summed E-state index contributed by atoms with van der Waals surface area (Å²) in [5.41, 5.74) is 3.22. The molecule has 1 aromatic carbocycles. The van der Waals surface area contributed by atoms with Crippen LogP contribution in [0.15, 0.2) is 18.2 Å². The highest BCUT2D eigenvalue weighted by atomic mass is 16.6. The number of hydrogen-bond donors (Lipinski definition) is 0. The van der Waals surface area contributed by atoms with Gasteiger partial charge in [0.15, 0.2) is 0 Å². The molecule has 0 N–H and O–H groups in total. The molecule has 1 aromatic rings. The highest BCUT2D eigenvalue weighted by Crippen LogP contribution is 2.29. The van der Waals surface area contributed by atoms with Crippen molar-refractivity contribution in [2.45, 2.75) is 32.6 Å². The molecule has 2 rings (SSSR count). The summed E-state index contributed by atoms with van der Waals surface area (Å²) in [6, 6.07) is 5.97. The number of esters is 2. The molecular formula is C13H14O3. The zero-order valence-corrected chi connectivity index (χ0v) is 9.45. The monoisotopic (exact) mass is 218 g/mol. The summed E-state index contributed by atoms with van der Waals surface area (Å²) in [5, 5.41) is 0. The molecule has 1 fully saturated rings. The van der Waals surface area contributed by atoms with E-state index in [0.717, 1.165) is 11.1 Å². The molecule has 3 heteroatoms. The van der Waals surface area contributed by atoms with E-state index in [1.807, 2.05) is 32.0 Å². The molecule has 1 aliphatic heterocycles. The lowest BCUT2D eigenvalue weighted by atomic mass is 9.89. The summed E-state index contributed by atoms with van der Waals surface area (Å²) in [6.45, 7) is 3.99. The smallest absolute Gasteiger partial charge is 0.321 e. The number of rotatable bonds is 1. The molecule has 1 unspecified atom stereocenters. The lowest BCUT2D eigenvalue weighted by Gasteiger charge is -2.21. The largest absolute Gasteiger partial charge is 0.393 e. The van der Waals surface area contributed by atoms with Crippen molar-refractivity contribution in [2.24, 2.45) is 0 Å². The van der Waals surface area contributed by atoms with Crippen LogP contribution in [-0.2, 0) is 14.3 Å². The van der Waals surface area contributed by atoms with Crippen LogP contribution in [0.25, 0.3) is 0 Å². The van der Waals surface area contributed by atoms with E-state index in [1.54, 1.807) is 0 Å². The van der Waals surface area contributed by atoms with Gasteiger partial charge in [-0.3, -0.25) is 9.59 Å². The van der Waals surface area contributed by atoms with E-state index < -0.39 is 11.9 Å². The molecular weight excluding hydrogens is 204 g/mol. The van der Waals surface area contributed by atoms with Crippen LogP contribution in [0.4, 0.5) is 0 Å². The predicted octanol–water partition coefficient (Wildman–Crippen LogP) is 2.25. The molecule has 0 bridgehead atoms. The van der Waals surface area contributed by atoms with Gasteiger partial charge in [0.25, 0.3) is 0 Å². The third kappa shape index (κ3) is 1.98. The lowest BCUT2D eigenvalue weighted by molar-refractivity contribution is -0.164. The van der Waals surface area contributed by atoms with E-state index in [9.17, 15) is 9.59 Å². The highest BCUT2D eigenvalue weighted by molar-refractivity contribution is 5.92. The summed E-state index contributed by atoms with van der Waals surface area (Å²) >= 11 is 0. The van der Waals surface area contributed by atoms with Crippen molar-refractivity contribution in [1.82, 2.24) is 0 Å². The first-order valence-corrected chi connectivity index (χ1v) is 5.39. The summed E-state index contributed by atoms with van der Waals surface area (Å²) in [5.74, 6) is -1.10. The Labute approximate surface area is 94.4 Å². The second kappa shape index (κ2) is 4.08. The first-order chi connectivity index (χ1) is 7.58. The van der Waals surface area contributed by atoms with Crippen molar-refractivity contribution in [3.63, 3.8) is 0 Å². The topological polar surface area (TPSA) is 43.4 Å². The van der Waals surface area contributed by atoms with E-state index >= 15 is 0 Å². The maximum atomic E-state index is 11.6. The quantitative estimate of drug-likeness (QED) is 0.536. The van der Waals surface area contributed by atoms with Crippen molar-refractivity contribution in [3.05, 3.63) is 34.9 Å². The van der Waals surface area contributed by atoms with Gasteiger partial charge in [0.2, 0.25) is 0 Å². The van der Waals surface area contributed by atoms with Gasteiger partial charge in [-0.1, -0.05) is 23.8 Å². The Balaban J connectivity index is 2.30. The van der Waals surface area contributed by atoms with Gasteiger partial charge < -0.3 is 4.74 Å². The molecule has 0 saturated carbocycles. The molecule has 0 aliphatic carbocycles. The molecule has 3 nitrogen and oxygen atoms in total. The molecule has 16 heavy (non-hydrogen) atoms. The van der Waals surface area contributed by atoms with Gasteiger partial charge in [-0.25, -0.2) is 0 Å². The van der Waals surface area contributed by atoms with Crippen molar-refractivity contribution in [2.75, 3.05) is 0 Å². The van der Waals surface area contributed by atoms with Crippen LogP contribution < -0.4 is 0 Å². The fourth-order valence-electron chi connectivity index (χ4n) is 2.11. The number of benzene rings is 1. The van der Waals surface area contributed by atoms with Gasteiger partial charge in [-0.05, 0) is 31.4 Å². The first kappa shape index (κ1) is 10.9. The average molecular weight is 218 g/mol. The van der Waals surface area contributed by atoms with E-state index in [-0.39, 0.29) is 5.92 Å². The Morgan fingerprint density at radius 2 is 2.00 bits per heavy atom. The zero-order valence-electron chi connectivity index (χ0n) is 9.45. The minimum absolute atomic E-state index is 0.279. The molecule has 84 valence electrons. The van der Waals surface area contributed by atoms with E-state index in [2.05, 4.69) is 4.74 Å². The number of hydrogen-bond acceptors (Lipinski definition) is 3. The summed E-state index contributed by atoms with van der Waals surface area (Å²) < 4.78 is 4.66. The molecule has 0 radical (unpaired) electrons. The standard InChI is InChI=1S/C13H14O3/c1-8-3-4-10(9(2)7-8)11-5-6-12(14)16-13(11)15/h3-4,7,11H,5-6H2,1-2H3. The van der Waals surface area contributed by atoms with Crippen LogP contribution in [0.3, 0.4) is 0 Å². The Morgan fingerprint density at radius 1 is 1.25 bits per heavy atom. The lowest BCUT2D eigenvalue weighted by Crippen LogP contribution is -2.26. The Bertz CT molecular complexity index is 448. The second-order valence-corrected chi connectivity index (χ2v) is 4.24. The molecule has 1 aliphatic rings. The molecule has 1 saturated heterocycles. The van der Waals surface area contributed by atoms with Gasteiger partial charge in [-0.15, -0.1) is 0 Å². The van der Waals surface area contributed by atoms with Gasteiger partial charge >= 0.3 is 11.9 Å². The van der Waals surface area contributed by atoms with Gasteiger partial charge in [0, 0.05) is 6.42 Å². The molecule has 0 aromatic heterocycles. The minimum atomic E-state index is -0.414. The van der Waals surface area contributed by atoms with Gasteiger partial charge in [0.05, 0.1) is 5.92 Å². The Morgan fingerprint density at radius 3 is 2.62 bits per heavy atom. The average Bonchev–Trinajstić information content (AvgIpc) is 2.19. The van der Waals surface area contributed by atoms with Crippen molar-refractivity contribution in [1.29, 1.82) is 0 Å². The van der Waals surface area contributed by atoms with Crippen molar-refractivity contribution in [3.8, 4) is 0 Å². The van der Waals surface area contributed by atoms with E-state index in [4.69, 9.17) is 0 Å². The van der Waals surface area contributed by atoms with E-state index in [0.29, 0.717) is 12.8 Å². The SMILES string of the molecule is Cc1ccc(C2CCC(=O)OC2=O)c(C)c1. The van der Waals surface area contributed by atoms with Crippen LogP contribution in [0, 0.1) is 13.8 Å². The first-order valence-electron chi connectivity index (χ1n) is 5.39. The highest BCUT2D eigenvalue weighted by Gasteiger charge is 2.30. The fourth-order valence-corrected chi connectivity index (χ4v) is 2.11. The second-order valence-electron chi connectivity index (χ2n) is 4.24. The Kier molecular flexibility index (Phi) is 2.77. The third-order valence-electron chi connectivity index (χ3n) is 2.94. The molecule has 0 spiro atoms.